The van der Waals surface area contributed by atoms with Crippen molar-refractivity contribution in [3.05, 3.63) is 52.2 Å². The number of sulfone groups is 1. The maximum absolute atomic E-state index is 13.2. The number of rotatable bonds is 4. The molecular formula is C19H22F3N3O4S. The number of benzene rings is 1. The molecule has 0 aliphatic carbocycles. The molecule has 1 fully saturated rings. The maximum atomic E-state index is 13.2. The summed E-state index contributed by atoms with van der Waals surface area (Å²) in [6.45, 7) is 3.57. The molecule has 164 valence electrons. The summed E-state index contributed by atoms with van der Waals surface area (Å²) in [4.78, 5) is 29.5. The van der Waals surface area contributed by atoms with E-state index in [2.05, 4.69) is 9.97 Å². The highest BCUT2D eigenvalue weighted by molar-refractivity contribution is 7.92. The Labute approximate surface area is 171 Å². The number of H-pyrrole nitrogens is 2. The van der Waals surface area contributed by atoms with Gasteiger partial charge < -0.3 is 14.9 Å². The van der Waals surface area contributed by atoms with Gasteiger partial charge in [-0.2, -0.15) is 13.2 Å². The SMILES string of the molecule is CC(C)(C1CCN(C(=O)c2c[nH]c(=O)[nH]2)CC1)S(=O)(=O)c1cccc(C(F)(F)F)c1. The largest absolute Gasteiger partial charge is 0.416 e. The first-order valence-corrected chi connectivity index (χ1v) is 10.8. The third kappa shape index (κ3) is 4.03. The maximum Gasteiger partial charge on any atom is 0.416 e. The molecule has 0 spiro atoms. The number of carbonyl (C=O) groups excluding carboxylic acids is 1. The molecule has 1 aliphatic heterocycles. The van der Waals surface area contributed by atoms with E-state index < -0.39 is 32.0 Å². The number of hydrogen-bond donors (Lipinski definition) is 2. The van der Waals surface area contributed by atoms with Crippen LogP contribution in [0.3, 0.4) is 0 Å². The third-order valence-electron chi connectivity index (χ3n) is 5.76. The first-order valence-electron chi connectivity index (χ1n) is 9.33. The molecule has 3 rings (SSSR count). The van der Waals surface area contributed by atoms with Gasteiger partial charge in [-0.25, -0.2) is 13.2 Å². The standard InChI is InChI=1S/C19H22F3N3O4S/c1-18(2,30(28,29)14-5-3-4-13(10-14)19(20,21)22)12-6-8-25(9-7-12)16(26)15-11-23-17(27)24-15/h3-5,10-12H,6-9H2,1-2H3,(H2,23,24,27). The number of aromatic nitrogens is 2. The summed E-state index contributed by atoms with van der Waals surface area (Å²) in [5.74, 6) is -0.725. The Hall–Kier alpha value is -2.56. The Morgan fingerprint density at radius 1 is 1.17 bits per heavy atom. The van der Waals surface area contributed by atoms with E-state index in [1.807, 2.05) is 0 Å². The van der Waals surface area contributed by atoms with Gasteiger partial charge >= 0.3 is 11.9 Å². The summed E-state index contributed by atoms with van der Waals surface area (Å²) in [6, 6.07) is 3.76. The Morgan fingerprint density at radius 3 is 2.33 bits per heavy atom. The van der Waals surface area contributed by atoms with Crippen LogP contribution in [0.15, 0.2) is 40.2 Å². The van der Waals surface area contributed by atoms with E-state index in [0.29, 0.717) is 18.9 Å². The molecule has 2 aromatic rings. The number of likely N-dealkylation sites (tertiary alicyclic amines) is 1. The van der Waals surface area contributed by atoms with E-state index in [9.17, 15) is 31.2 Å². The lowest BCUT2D eigenvalue weighted by atomic mass is 9.86. The topological polar surface area (TPSA) is 103 Å². The van der Waals surface area contributed by atoms with Crippen molar-refractivity contribution in [1.82, 2.24) is 14.9 Å². The molecule has 0 radical (unpaired) electrons. The van der Waals surface area contributed by atoms with Gasteiger partial charge in [-0.1, -0.05) is 6.07 Å². The van der Waals surface area contributed by atoms with Gasteiger partial charge in [-0.3, -0.25) is 4.79 Å². The molecule has 11 heteroatoms. The van der Waals surface area contributed by atoms with Crippen molar-refractivity contribution in [3.63, 3.8) is 0 Å². The molecule has 1 amide bonds. The molecule has 0 bridgehead atoms. The summed E-state index contributed by atoms with van der Waals surface area (Å²) < 4.78 is 64.1. The molecule has 0 atom stereocenters. The molecule has 30 heavy (non-hydrogen) atoms. The van der Waals surface area contributed by atoms with Crippen LogP contribution in [0.25, 0.3) is 0 Å². The summed E-state index contributed by atoms with van der Waals surface area (Å²) in [5.41, 5.74) is -1.39. The minimum Gasteiger partial charge on any atom is -0.337 e. The van der Waals surface area contributed by atoms with Crippen LogP contribution in [0.5, 0.6) is 0 Å². The molecule has 1 aliphatic rings. The Bertz CT molecular complexity index is 1090. The second-order valence-electron chi connectivity index (χ2n) is 7.86. The van der Waals surface area contributed by atoms with E-state index in [4.69, 9.17) is 0 Å². The third-order valence-corrected chi connectivity index (χ3v) is 8.35. The average molecular weight is 445 g/mol. The van der Waals surface area contributed by atoms with Crippen LogP contribution < -0.4 is 5.69 Å². The second kappa shape index (κ2) is 7.60. The molecule has 7 nitrogen and oxygen atoms in total. The zero-order chi connectivity index (χ0) is 22.3. The quantitative estimate of drug-likeness (QED) is 0.755. The van der Waals surface area contributed by atoms with Crippen molar-refractivity contribution >= 4 is 15.7 Å². The van der Waals surface area contributed by atoms with Crippen LogP contribution in [-0.4, -0.2) is 47.0 Å². The Morgan fingerprint density at radius 2 is 1.80 bits per heavy atom. The highest BCUT2D eigenvalue weighted by atomic mass is 32.2. The number of carbonyl (C=O) groups is 1. The number of amides is 1. The van der Waals surface area contributed by atoms with Crippen LogP contribution >= 0.6 is 0 Å². The fourth-order valence-corrected chi connectivity index (χ4v) is 5.58. The van der Waals surface area contributed by atoms with Gasteiger partial charge in [0.05, 0.1) is 15.2 Å². The molecule has 0 saturated carbocycles. The zero-order valence-corrected chi connectivity index (χ0v) is 17.2. The number of hydrogen-bond acceptors (Lipinski definition) is 4. The predicted octanol–water partition coefficient (Wildman–Crippen LogP) is 2.83. The van der Waals surface area contributed by atoms with Crippen molar-refractivity contribution in [3.8, 4) is 0 Å². The number of aromatic amines is 2. The van der Waals surface area contributed by atoms with Crippen molar-refractivity contribution < 1.29 is 26.4 Å². The van der Waals surface area contributed by atoms with E-state index in [1.165, 1.54) is 31.0 Å². The number of imidazole rings is 1. The molecule has 1 saturated heterocycles. The highest BCUT2D eigenvalue weighted by Crippen LogP contribution is 2.39. The van der Waals surface area contributed by atoms with E-state index >= 15 is 0 Å². The van der Waals surface area contributed by atoms with Gasteiger partial charge in [0.25, 0.3) is 5.91 Å². The Balaban J connectivity index is 1.77. The number of alkyl halides is 3. The lowest BCUT2D eigenvalue weighted by Crippen LogP contribution is -2.47. The van der Waals surface area contributed by atoms with Gasteiger partial charge in [0.2, 0.25) is 0 Å². The number of nitrogens with one attached hydrogen (secondary N) is 2. The molecule has 0 unspecified atom stereocenters. The smallest absolute Gasteiger partial charge is 0.337 e. The van der Waals surface area contributed by atoms with E-state index in [1.54, 1.807) is 0 Å². The highest BCUT2D eigenvalue weighted by Gasteiger charge is 2.45. The summed E-state index contributed by atoms with van der Waals surface area (Å²) in [6.07, 6.45) is -2.63. The fraction of sp³-hybridized carbons (Fsp3) is 0.474. The minimum absolute atomic E-state index is 0.120. The van der Waals surface area contributed by atoms with Crippen molar-refractivity contribution in [2.45, 2.75) is 42.5 Å². The number of halogens is 3. The summed E-state index contributed by atoms with van der Waals surface area (Å²) in [7, 11) is -4.06. The Kier molecular flexibility index (Phi) is 5.61. The summed E-state index contributed by atoms with van der Waals surface area (Å²) in [5, 5.41) is 0. The average Bonchev–Trinajstić information content (AvgIpc) is 3.13. The fourth-order valence-electron chi connectivity index (χ4n) is 3.76. The van der Waals surface area contributed by atoms with Crippen molar-refractivity contribution in [1.29, 1.82) is 0 Å². The molecule has 1 aromatic heterocycles. The number of piperidine rings is 1. The van der Waals surface area contributed by atoms with Crippen LogP contribution in [0.2, 0.25) is 0 Å². The van der Waals surface area contributed by atoms with Gasteiger partial charge in [0.15, 0.2) is 9.84 Å². The lowest BCUT2D eigenvalue weighted by molar-refractivity contribution is -0.137. The molecule has 2 N–H and O–H groups in total. The van der Waals surface area contributed by atoms with Crippen molar-refractivity contribution in [2.75, 3.05) is 13.1 Å². The van der Waals surface area contributed by atoms with Crippen LogP contribution in [0.1, 0.15) is 42.7 Å². The summed E-state index contributed by atoms with van der Waals surface area (Å²) >= 11 is 0. The molecular weight excluding hydrogens is 423 g/mol. The van der Waals surface area contributed by atoms with Gasteiger partial charge in [0.1, 0.15) is 5.69 Å². The minimum atomic E-state index is -4.64. The molecule has 2 heterocycles. The second-order valence-corrected chi connectivity index (χ2v) is 10.4. The lowest BCUT2D eigenvalue weighted by Gasteiger charge is -2.40. The monoisotopic (exact) mass is 445 g/mol. The first-order chi connectivity index (χ1) is 13.8. The van der Waals surface area contributed by atoms with Gasteiger partial charge in [-0.05, 0) is 50.8 Å². The van der Waals surface area contributed by atoms with E-state index in [0.717, 1.165) is 12.1 Å². The predicted molar refractivity (Wildman–Crippen MR) is 103 cm³/mol. The van der Waals surface area contributed by atoms with E-state index in [-0.39, 0.29) is 35.5 Å². The molecule has 1 aromatic carbocycles. The first kappa shape index (κ1) is 22.1. The number of nitrogens with zero attached hydrogens (tertiary/aromatic N) is 1. The van der Waals surface area contributed by atoms with Crippen LogP contribution in [0.4, 0.5) is 13.2 Å². The normalized spacial score (nSPS) is 16.6. The van der Waals surface area contributed by atoms with Crippen LogP contribution in [0, 0.1) is 5.92 Å². The van der Waals surface area contributed by atoms with Crippen LogP contribution in [-0.2, 0) is 16.0 Å². The van der Waals surface area contributed by atoms with Gasteiger partial charge in [-0.15, -0.1) is 0 Å². The van der Waals surface area contributed by atoms with Crippen molar-refractivity contribution in [2.24, 2.45) is 5.92 Å². The van der Waals surface area contributed by atoms with Gasteiger partial charge in [0, 0.05) is 19.3 Å². The zero-order valence-electron chi connectivity index (χ0n) is 16.4.